The highest BCUT2D eigenvalue weighted by Gasteiger charge is 2.20. The lowest BCUT2D eigenvalue weighted by atomic mass is 10.2. The molecule has 0 saturated carbocycles. The van der Waals surface area contributed by atoms with Crippen LogP contribution in [0, 0.1) is 0 Å². The summed E-state index contributed by atoms with van der Waals surface area (Å²) < 4.78 is 24.7. The van der Waals surface area contributed by atoms with E-state index < -0.39 is 10.0 Å². The van der Waals surface area contributed by atoms with Crippen molar-refractivity contribution in [3.8, 4) is 0 Å². The van der Waals surface area contributed by atoms with Crippen LogP contribution in [0.4, 0.5) is 5.69 Å². The third-order valence-corrected chi connectivity index (χ3v) is 3.57. The van der Waals surface area contributed by atoms with E-state index in [4.69, 9.17) is 5.73 Å². The molecular formula is C11H18N2O2S. The smallest absolute Gasteiger partial charge is 0.232 e. The molecule has 0 amide bonds. The SMILES string of the molecule is CC(C)N(c1cccc(CN)c1)S(C)(=O)=O. The maximum atomic E-state index is 11.7. The van der Waals surface area contributed by atoms with Crippen LogP contribution in [0.25, 0.3) is 0 Å². The topological polar surface area (TPSA) is 63.4 Å². The van der Waals surface area contributed by atoms with Crippen molar-refractivity contribution in [1.29, 1.82) is 0 Å². The van der Waals surface area contributed by atoms with E-state index in [1.807, 2.05) is 26.0 Å². The molecule has 1 rings (SSSR count). The highest BCUT2D eigenvalue weighted by atomic mass is 32.2. The van der Waals surface area contributed by atoms with Crippen LogP contribution in [-0.4, -0.2) is 20.7 Å². The van der Waals surface area contributed by atoms with Gasteiger partial charge in [0.2, 0.25) is 10.0 Å². The third-order valence-electron chi connectivity index (χ3n) is 2.23. The molecule has 0 bridgehead atoms. The molecular weight excluding hydrogens is 224 g/mol. The summed E-state index contributed by atoms with van der Waals surface area (Å²) in [5, 5.41) is 0. The minimum absolute atomic E-state index is 0.108. The van der Waals surface area contributed by atoms with E-state index in [1.54, 1.807) is 12.1 Å². The van der Waals surface area contributed by atoms with Gasteiger partial charge in [0.1, 0.15) is 0 Å². The molecule has 16 heavy (non-hydrogen) atoms. The van der Waals surface area contributed by atoms with Gasteiger partial charge < -0.3 is 5.73 Å². The first-order valence-electron chi connectivity index (χ1n) is 5.14. The molecule has 90 valence electrons. The fourth-order valence-corrected chi connectivity index (χ4v) is 2.96. The Balaban J connectivity index is 3.22. The first kappa shape index (κ1) is 13.0. The molecule has 1 aromatic carbocycles. The monoisotopic (exact) mass is 242 g/mol. The summed E-state index contributed by atoms with van der Waals surface area (Å²) >= 11 is 0. The van der Waals surface area contributed by atoms with Crippen LogP contribution in [0.3, 0.4) is 0 Å². The molecule has 4 nitrogen and oxygen atoms in total. The number of benzene rings is 1. The summed E-state index contributed by atoms with van der Waals surface area (Å²) in [6, 6.07) is 7.17. The van der Waals surface area contributed by atoms with Gasteiger partial charge in [-0.2, -0.15) is 0 Å². The highest BCUT2D eigenvalue weighted by molar-refractivity contribution is 7.92. The van der Waals surface area contributed by atoms with Crippen molar-refractivity contribution in [2.75, 3.05) is 10.6 Å². The molecule has 0 aliphatic carbocycles. The Kier molecular flexibility index (Phi) is 3.93. The number of sulfonamides is 1. The van der Waals surface area contributed by atoms with Crippen molar-refractivity contribution in [1.82, 2.24) is 0 Å². The van der Waals surface area contributed by atoms with Crippen LogP contribution in [0.15, 0.2) is 24.3 Å². The minimum atomic E-state index is -3.25. The van der Waals surface area contributed by atoms with Gasteiger partial charge in [0.15, 0.2) is 0 Å². The van der Waals surface area contributed by atoms with Gasteiger partial charge in [0.25, 0.3) is 0 Å². The molecule has 0 saturated heterocycles. The van der Waals surface area contributed by atoms with E-state index in [9.17, 15) is 8.42 Å². The molecule has 0 heterocycles. The number of nitrogens with two attached hydrogens (primary N) is 1. The van der Waals surface area contributed by atoms with Crippen LogP contribution in [0.5, 0.6) is 0 Å². The molecule has 0 aliphatic rings. The standard InChI is InChI=1S/C11H18N2O2S/c1-9(2)13(16(3,14)15)11-6-4-5-10(7-11)8-12/h4-7,9H,8,12H2,1-3H3. The van der Waals surface area contributed by atoms with E-state index in [0.717, 1.165) is 5.56 Å². The fraction of sp³-hybridized carbons (Fsp3) is 0.455. The Bertz CT molecular complexity index is 455. The number of rotatable bonds is 4. The zero-order valence-electron chi connectivity index (χ0n) is 9.84. The Hall–Kier alpha value is -1.07. The van der Waals surface area contributed by atoms with Crippen LogP contribution in [0.1, 0.15) is 19.4 Å². The second kappa shape index (κ2) is 4.84. The van der Waals surface area contributed by atoms with Gasteiger partial charge in [0, 0.05) is 12.6 Å². The molecule has 5 heteroatoms. The second-order valence-electron chi connectivity index (χ2n) is 4.03. The fourth-order valence-electron chi connectivity index (χ4n) is 1.69. The zero-order chi connectivity index (χ0) is 12.3. The van der Waals surface area contributed by atoms with E-state index in [1.165, 1.54) is 10.6 Å². The van der Waals surface area contributed by atoms with E-state index in [0.29, 0.717) is 12.2 Å². The summed E-state index contributed by atoms with van der Waals surface area (Å²) in [5.41, 5.74) is 7.13. The largest absolute Gasteiger partial charge is 0.326 e. The molecule has 2 N–H and O–H groups in total. The van der Waals surface area contributed by atoms with Crippen molar-refractivity contribution in [2.24, 2.45) is 5.73 Å². The molecule has 0 aliphatic heterocycles. The quantitative estimate of drug-likeness (QED) is 0.866. The zero-order valence-corrected chi connectivity index (χ0v) is 10.7. The number of anilines is 1. The van der Waals surface area contributed by atoms with Crippen molar-refractivity contribution in [2.45, 2.75) is 26.4 Å². The average molecular weight is 242 g/mol. The average Bonchev–Trinajstić information content (AvgIpc) is 2.15. The normalized spacial score (nSPS) is 11.8. The van der Waals surface area contributed by atoms with Crippen LogP contribution in [-0.2, 0) is 16.6 Å². The molecule has 0 unspecified atom stereocenters. The lowest BCUT2D eigenvalue weighted by molar-refractivity contribution is 0.590. The molecule has 0 fully saturated rings. The van der Waals surface area contributed by atoms with Gasteiger partial charge in [-0.05, 0) is 31.5 Å². The summed E-state index contributed by atoms with van der Waals surface area (Å²) in [6.07, 6.45) is 1.21. The van der Waals surface area contributed by atoms with E-state index in [-0.39, 0.29) is 6.04 Å². The maximum absolute atomic E-state index is 11.7. The number of hydrogen-bond acceptors (Lipinski definition) is 3. The second-order valence-corrected chi connectivity index (χ2v) is 5.89. The molecule has 1 aromatic rings. The van der Waals surface area contributed by atoms with Gasteiger partial charge in [-0.25, -0.2) is 8.42 Å². The van der Waals surface area contributed by atoms with Crippen molar-refractivity contribution in [3.05, 3.63) is 29.8 Å². The Labute approximate surface area is 97.1 Å². The van der Waals surface area contributed by atoms with Crippen LogP contribution >= 0.6 is 0 Å². The summed E-state index contributed by atoms with van der Waals surface area (Å²) in [4.78, 5) is 0. The first-order chi connectivity index (χ1) is 7.36. The summed E-state index contributed by atoms with van der Waals surface area (Å²) in [7, 11) is -3.25. The van der Waals surface area contributed by atoms with Crippen molar-refractivity contribution in [3.63, 3.8) is 0 Å². The first-order valence-corrected chi connectivity index (χ1v) is 6.99. The van der Waals surface area contributed by atoms with Gasteiger partial charge in [-0.3, -0.25) is 4.31 Å². The highest BCUT2D eigenvalue weighted by Crippen LogP contribution is 2.21. The van der Waals surface area contributed by atoms with E-state index >= 15 is 0 Å². The van der Waals surface area contributed by atoms with Crippen LogP contribution < -0.4 is 10.0 Å². The summed E-state index contributed by atoms with van der Waals surface area (Å²) in [5.74, 6) is 0. The Morgan fingerprint density at radius 2 is 2.00 bits per heavy atom. The lowest BCUT2D eigenvalue weighted by Crippen LogP contribution is -2.36. The Morgan fingerprint density at radius 3 is 2.44 bits per heavy atom. The Morgan fingerprint density at radius 1 is 1.38 bits per heavy atom. The maximum Gasteiger partial charge on any atom is 0.232 e. The van der Waals surface area contributed by atoms with Crippen molar-refractivity contribution >= 4 is 15.7 Å². The molecule has 0 spiro atoms. The molecule has 0 radical (unpaired) electrons. The van der Waals surface area contributed by atoms with E-state index in [2.05, 4.69) is 0 Å². The predicted molar refractivity (Wildman–Crippen MR) is 66.8 cm³/mol. The minimum Gasteiger partial charge on any atom is -0.326 e. The number of hydrogen-bond donors (Lipinski definition) is 1. The molecule has 0 aromatic heterocycles. The van der Waals surface area contributed by atoms with Gasteiger partial charge >= 0.3 is 0 Å². The molecule has 0 atom stereocenters. The van der Waals surface area contributed by atoms with Crippen LogP contribution in [0.2, 0.25) is 0 Å². The number of nitrogens with zero attached hydrogens (tertiary/aromatic N) is 1. The predicted octanol–water partition coefficient (Wildman–Crippen LogP) is 1.32. The van der Waals surface area contributed by atoms with Gasteiger partial charge in [-0.15, -0.1) is 0 Å². The lowest BCUT2D eigenvalue weighted by Gasteiger charge is -2.26. The summed E-state index contributed by atoms with van der Waals surface area (Å²) in [6.45, 7) is 4.09. The van der Waals surface area contributed by atoms with Gasteiger partial charge in [-0.1, -0.05) is 12.1 Å². The van der Waals surface area contributed by atoms with Crippen molar-refractivity contribution < 1.29 is 8.42 Å². The van der Waals surface area contributed by atoms with Gasteiger partial charge in [0.05, 0.1) is 11.9 Å². The third kappa shape index (κ3) is 2.96.